The third-order valence-corrected chi connectivity index (χ3v) is 9.51. The van der Waals surface area contributed by atoms with Gasteiger partial charge in [-0.25, -0.2) is 4.57 Å². The molecule has 2 heterocycles. The maximum Gasteiger partial charge on any atom is 0.359 e. The molecule has 0 saturated carbocycles. The van der Waals surface area contributed by atoms with Gasteiger partial charge in [0.25, 0.3) is 0 Å². The van der Waals surface area contributed by atoms with E-state index in [0.29, 0.717) is 0 Å². The maximum atomic E-state index is 14.4. The molecule has 5 heteroatoms. The van der Waals surface area contributed by atoms with Gasteiger partial charge in [-0.15, -0.1) is 0 Å². The number of para-hydroxylation sites is 3. The minimum atomic E-state index is -3.16. The van der Waals surface area contributed by atoms with Crippen molar-refractivity contribution in [2.75, 3.05) is 10.2 Å². The second-order valence-electron chi connectivity index (χ2n) is 9.55. The minimum Gasteiger partial charge on any atom is -0.302 e. The van der Waals surface area contributed by atoms with Gasteiger partial charge in [-0.2, -0.15) is 0 Å². The molecular formula is C27H24N3OP. The zero-order chi connectivity index (χ0) is 21.7. The quantitative estimate of drug-likeness (QED) is 0.300. The third kappa shape index (κ3) is 2.21. The molecule has 0 spiro atoms. The van der Waals surface area contributed by atoms with Crippen LogP contribution in [0.4, 0.5) is 11.4 Å². The molecule has 3 aromatic carbocycles. The Kier molecular flexibility index (Phi) is 3.42. The highest BCUT2D eigenvalue weighted by Crippen LogP contribution is 2.59. The fraction of sp³-hybridized carbons (Fsp3) is 0.185. The van der Waals surface area contributed by atoms with E-state index in [0.717, 1.165) is 46.0 Å². The Morgan fingerprint density at radius 2 is 1.62 bits per heavy atom. The highest BCUT2D eigenvalue weighted by Gasteiger charge is 2.40. The Hall–Kier alpha value is -3.23. The van der Waals surface area contributed by atoms with Crippen LogP contribution in [0.25, 0.3) is 27.4 Å². The summed E-state index contributed by atoms with van der Waals surface area (Å²) in [5.74, 6) is 0. The molecule has 0 fully saturated rings. The van der Waals surface area contributed by atoms with E-state index in [9.17, 15) is 4.57 Å². The molecule has 2 aliphatic carbocycles. The van der Waals surface area contributed by atoms with Crippen LogP contribution in [0.2, 0.25) is 0 Å². The topological polar surface area (TPSA) is 46.1 Å². The molecule has 32 heavy (non-hydrogen) atoms. The molecule has 158 valence electrons. The lowest BCUT2D eigenvalue weighted by atomic mass is 9.78. The van der Waals surface area contributed by atoms with Crippen LogP contribution in [0.1, 0.15) is 37.8 Å². The second-order valence-corrected chi connectivity index (χ2v) is 11.5. The minimum absolute atomic E-state index is 0.0289. The summed E-state index contributed by atoms with van der Waals surface area (Å²) < 4.78 is 16.4. The molecule has 3 aliphatic rings. The van der Waals surface area contributed by atoms with Crippen molar-refractivity contribution < 1.29 is 4.57 Å². The van der Waals surface area contributed by atoms with Gasteiger partial charge in [0, 0.05) is 16.2 Å². The normalized spacial score (nSPS) is 19.6. The van der Waals surface area contributed by atoms with Crippen LogP contribution in [0.3, 0.4) is 0 Å². The van der Waals surface area contributed by atoms with Gasteiger partial charge in [0.05, 0.1) is 22.4 Å². The van der Waals surface area contributed by atoms with E-state index in [1.54, 1.807) is 0 Å². The fourth-order valence-electron chi connectivity index (χ4n) is 5.90. The standard InChI is InChI=1S/C27H24N3OP/c1-27(2)21-11-5-3-9-17(21)19-15-20-18-10-4-8-14-25(18)30(26(20)16-22(19)27)32(31)28-23-12-6-7-13-24(23)29-32/h3-4,6-10,12-16H,5,11H2,1-2H3,(H2,28,29,31). The first-order chi connectivity index (χ1) is 15.5. The molecule has 1 aromatic heterocycles. The van der Waals surface area contributed by atoms with Crippen LogP contribution < -0.4 is 10.2 Å². The summed E-state index contributed by atoms with van der Waals surface area (Å²) in [6.45, 7) is 4.66. The van der Waals surface area contributed by atoms with E-state index in [1.807, 2.05) is 34.7 Å². The number of benzene rings is 3. The number of fused-ring (bicyclic) bond motifs is 6. The second kappa shape index (κ2) is 5.96. The van der Waals surface area contributed by atoms with Crippen LogP contribution in [0, 0.1) is 0 Å². The number of allylic oxidation sites excluding steroid dienone is 4. The van der Waals surface area contributed by atoms with Gasteiger partial charge in [-0.1, -0.05) is 61.9 Å². The summed E-state index contributed by atoms with van der Waals surface area (Å²) in [5, 5.41) is 8.93. The van der Waals surface area contributed by atoms with Crippen molar-refractivity contribution in [1.29, 1.82) is 0 Å². The van der Waals surface area contributed by atoms with Crippen molar-refractivity contribution in [3.63, 3.8) is 0 Å². The van der Waals surface area contributed by atoms with Gasteiger partial charge in [0.1, 0.15) is 0 Å². The average Bonchev–Trinajstić information content (AvgIpc) is 3.39. The summed E-state index contributed by atoms with van der Waals surface area (Å²) in [6.07, 6.45) is 6.80. The van der Waals surface area contributed by atoms with E-state index in [-0.39, 0.29) is 5.41 Å². The van der Waals surface area contributed by atoms with E-state index in [1.165, 1.54) is 22.3 Å². The van der Waals surface area contributed by atoms with Crippen molar-refractivity contribution in [3.8, 4) is 0 Å². The summed E-state index contributed by atoms with van der Waals surface area (Å²) in [5.41, 5.74) is 9.28. The number of anilines is 2. The number of aromatic nitrogens is 1. The molecule has 7 rings (SSSR count). The molecule has 2 N–H and O–H groups in total. The zero-order valence-corrected chi connectivity index (χ0v) is 19.0. The molecule has 0 amide bonds. The van der Waals surface area contributed by atoms with Crippen molar-refractivity contribution in [3.05, 3.63) is 89.5 Å². The lowest BCUT2D eigenvalue weighted by Crippen LogP contribution is -2.18. The molecule has 0 radical (unpaired) electrons. The van der Waals surface area contributed by atoms with E-state index in [4.69, 9.17) is 0 Å². The number of hydrogen-bond donors (Lipinski definition) is 2. The largest absolute Gasteiger partial charge is 0.359 e. The molecule has 0 atom stereocenters. The highest BCUT2D eigenvalue weighted by molar-refractivity contribution is 7.66. The van der Waals surface area contributed by atoms with Gasteiger partial charge in [-0.05, 0) is 59.9 Å². The molecule has 4 aromatic rings. The van der Waals surface area contributed by atoms with E-state index >= 15 is 0 Å². The van der Waals surface area contributed by atoms with Crippen LogP contribution >= 0.6 is 7.59 Å². The third-order valence-electron chi connectivity index (χ3n) is 7.43. The van der Waals surface area contributed by atoms with E-state index in [2.05, 4.69) is 66.5 Å². The van der Waals surface area contributed by atoms with Crippen molar-refractivity contribution in [2.24, 2.45) is 0 Å². The van der Waals surface area contributed by atoms with Gasteiger partial charge in [0.15, 0.2) is 0 Å². The lowest BCUT2D eigenvalue weighted by Gasteiger charge is -2.26. The first kappa shape index (κ1) is 18.4. The molecule has 0 bridgehead atoms. The Balaban J connectivity index is 1.55. The first-order valence-corrected chi connectivity index (χ1v) is 12.9. The van der Waals surface area contributed by atoms with Gasteiger partial charge >= 0.3 is 7.59 Å². The van der Waals surface area contributed by atoms with Gasteiger partial charge < -0.3 is 10.2 Å². The predicted molar refractivity (Wildman–Crippen MR) is 134 cm³/mol. The van der Waals surface area contributed by atoms with Crippen LogP contribution in [0.5, 0.6) is 0 Å². The summed E-state index contributed by atoms with van der Waals surface area (Å²) in [7, 11) is -3.16. The van der Waals surface area contributed by atoms with Gasteiger partial charge in [-0.3, -0.25) is 4.34 Å². The van der Waals surface area contributed by atoms with E-state index < -0.39 is 7.59 Å². The maximum absolute atomic E-state index is 14.4. The zero-order valence-electron chi connectivity index (χ0n) is 18.1. The summed E-state index contributed by atoms with van der Waals surface area (Å²) in [4.78, 5) is 0. The van der Waals surface area contributed by atoms with Crippen molar-refractivity contribution in [2.45, 2.75) is 32.1 Å². The Morgan fingerprint density at radius 3 is 2.41 bits per heavy atom. The Morgan fingerprint density at radius 1 is 0.906 bits per heavy atom. The number of nitrogens with one attached hydrogen (secondary N) is 2. The summed E-state index contributed by atoms with van der Waals surface area (Å²) in [6, 6.07) is 20.8. The first-order valence-electron chi connectivity index (χ1n) is 11.2. The molecule has 0 saturated heterocycles. The average molecular weight is 437 g/mol. The highest BCUT2D eigenvalue weighted by atomic mass is 31.2. The number of rotatable bonds is 1. The van der Waals surface area contributed by atoms with Crippen molar-refractivity contribution >= 4 is 46.3 Å². The Bertz CT molecular complexity index is 1560. The smallest absolute Gasteiger partial charge is 0.302 e. The molecule has 4 nitrogen and oxygen atoms in total. The summed E-state index contributed by atoms with van der Waals surface area (Å²) >= 11 is 0. The predicted octanol–water partition coefficient (Wildman–Crippen LogP) is 7.68. The van der Waals surface area contributed by atoms with Gasteiger partial charge in [0.2, 0.25) is 0 Å². The lowest BCUT2D eigenvalue weighted by molar-refractivity contribution is 0.578. The van der Waals surface area contributed by atoms with Crippen LogP contribution in [0.15, 0.2) is 78.4 Å². The van der Waals surface area contributed by atoms with Crippen LogP contribution in [-0.2, 0) is 9.98 Å². The number of hydrogen-bond acceptors (Lipinski definition) is 1. The molecular weight excluding hydrogens is 413 g/mol. The monoisotopic (exact) mass is 437 g/mol. The number of nitrogens with zero attached hydrogens (tertiary/aromatic N) is 1. The fourth-order valence-corrected chi connectivity index (χ4v) is 8.14. The van der Waals surface area contributed by atoms with Crippen molar-refractivity contribution in [1.82, 2.24) is 4.34 Å². The van der Waals surface area contributed by atoms with Crippen LogP contribution in [-0.4, -0.2) is 4.34 Å². The SMILES string of the molecule is CC1(C)C2=C(C=CCC2)c2cc3c4ccccc4n(P4(=O)Nc5ccccc5N4)c3cc21. The molecule has 1 aliphatic heterocycles. The Labute approximate surface area is 187 Å². The molecule has 0 unspecified atom stereocenters.